The fourth-order valence-corrected chi connectivity index (χ4v) is 5.79. The van der Waals surface area contributed by atoms with E-state index in [1.165, 1.54) is 4.88 Å². The first kappa shape index (κ1) is 24.6. The predicted molar refractivity (Wildman–Crippen MR) is 139 cm³/mol. The Bertz CT molecular complexity index is 1180. The number of rotatable bonds is 7. The highest BCUT2D eigenvalue weighted by atomic mass is 35.5. The first-order chi connectivity index (χ1) is 16.3. The molecule has 1 aliphatic carbocycles. The third kappa shape index (κ3) is 5.56. The summed E-state index contributed by atoms with van der Waals surface area (Å²) in [4.78, 5) is 19.4. The predicted octanol–water partition coefficient (Wildman–Crippen LogP) is 7.22. The molecule has 2 heterocycles. The zero-order valence-electron chi connectivity index (χ0n) is 20.1. The second kappa shape index (κ2) is 10.4. The molecule has 0 unspecified atom stereocenters. The molecule has 34 heavy (non-hydrogen) atoms. The van der Waals surface area contributed by atoms with Gasteiger partial charge < -0.3 is 14.5 Å². The summed E-state index contributed by atoms with van der Waals surface area (Å²) in [5.41, 5.74) is 2.82. The number of furan rings is 1. The minimum absolute atomic E-state index is 0.119. The number of hydrogen-bond acceptors (Lipinski definition) is 5. The zero-order valence-corrected chi connectivity index (χ0v) is 21.7. The molecule has 0 fully saturated rings. The van der Waals surface area contributed by atoms with E-state index >= 15 is 0 Å². The molecule has 1 aliphatic rings. The first-order valence-electron chi connectivity index (χ1n) is 11.7. The molecule has 3 aromatic rings. The largest absolute Gasteiger partial charge is 0.493 e. The number of hydrogen-bond donors (Lipinski definition) is 1. The van der Waals surface area contributed by atoms with Crippen LogP contribution in [0.3, 0.4) is 0 Å². The third-order valence-electron chi connectivity index (χ3n) is 6.29. The number of nitrogens with zero attached hydrogens (tertiary/aromatic N) is 1. The number of carbonyl (C=O) groups is 1. The van der Waals surface area contributed by atoms with Gasteiger partial charge in [0.05, 0.1) is 25.0 Å². The molecule has 4 rings (SSSR count). The Hall–Kier alpha value is -2.57. The molecule has 0 radical (unpaired) electrons. The third-order valence-corrected chi connectivity index (χ3v) is 7.69. The van der Waals surface area contributed by atoms with E-state index in [1.807, 2.05) is 31.2 Å². The van der Waals surface area contributed by atoms with Crippen LogP contribution >= 0.6 is 22.9 Å². The van der Waals surface area contributed by atoms with Crippen LogP contribution in [0, 0.1) is 11.3 Å². The summed E-state index contributed by atoms with van der Waals surface area (Å²) in [5.74, 6) is 1.89. The van der Waals surface area contributed by atoms with Crippen LogP contribution < -0.4 is 10.1 Å². The lowest BCUT2D eigenvalue weighted by Gasteiger charge is -2.33. The number of ether oxygens (including phenoxy) is 1. The topological polar surface area (TPSA) is 63.8 Å². The van der Waals surface area contributed by atoms with Crippen LogP contribution in [0.15, 0.2) is 46.0 Å². The van der Waals surface area contributed by atoms with E-state index in [-0.39, 0.29) is 11.3 Å². The lowest BCUT2D eigenvalue weighted by molar-refractivity contribution is 0.0947. The van der Waals surface area contributed by atoms with Crippen LogP contribution in [0.4, 0.5) is 5.00 Å². The van der Waals surface area contributed by atoms with E-state index < -0.39 is 0 Å². The molecule has 0 saturated heterocycles. The Morgan fingerprint density at radius 3 is 2.88 bits per heavy atom. The lowest BCUT2D eigenvalue weighted by atomic mass is 9.72. The molecule has 0 aliphatic heterocycles. The van der Waals surface area contributed by atoms with Crippen molar-refractivity contribution in [2.24, 2.45) is 16.3 Å². The van der Waals surface area contributed by atoms with Crippen LogP contribution in [-0.4, -0.2) is 18.7 Å². The summed E-state index contributed by atoms with van der Waals surface area (Å²) in [7, 11) is 0. The van der Waals surface area contributed by atoms with Crippen molar-refractivity contribution >= 4 is 40.1 Å². The Kier molecular flexibility index (Phi) is 7.48. The number of nitrogens with one attached hydrogen (secondary N) is 1. The Balaban J connectivity index is 1.68. The molecule has 2 aromatic heterocycles. The van der Waals surface area contributed by atoms with Crippen LogP contribution in [0.1, 0.15) is 66.2 Å². The van der Waals surface area contributed by atoms with Gasteiger partial charge in [0.25, 0.3) is 5.91 Å². The molecule has 1 amide bonds. The maximum absolute atomic E-state index is 13.3. The van der Waals surface area contributed by atoms with Crippen molar-refractivity contribution < 1.29 is 13.9 Å². The maximum Gasteiger partial charge on any atom is 0.255 e. The summed E-state index contributed by atoms with van der Waals surface area (Å²) in [6.07, 6.45) is 6.28. The van der Waals surface area contributed by atoms with E-state index in [0.29, 0.717) is 35.4 Å². The highest BCUT2D eigenvalue weighted by Gasteiger charge is 2.33. The number of amides is 1. The van der Waals surface area contributed by atoms with Crippen LogP contribution in [0.5, 0.6) is 5.75 Å². The minimum Gasteiger partial charge on any atom is -0.493 e. The summed E-state index contributed by atoms with van der Waals surface area (Å²) in [5, 5.41) is 4.34. The number of aliphatic imine (C=N–C) groups is 1. The number of fused-ring (bicyclic) bond motifs is 1. The molecule has 1 aromatic carbocycles. The van der Waals surface area contributed by atoms with E-state index in [0.717, 1.165) is 41.2 Å². The number of thiophene rings is 1. The van der Waals surface area contributed by atoms with Gasteiger partial charge in [-0.1, -0.05) is 32.4 Å². The van der Waals surface area contributed by atoms with Crippen molar-refractivity contribution in [3.63, 3.8) is 0 Å². The highest BCUT2D eigenvalue weighted by Crippen LogP contribution is 2.45. The zero-order chi connectivity index (χ0) is 24.3. The van der Waals surface area contributed by atoms with Crippen molar-refractivity contribution in [3.8, 4) is 5.75 Å². The maximum atomic E-state index is 13.3. The summed E-state index contributed by atoms with van der Waals surface area (Å²) in [6, 6.07) is 9.14. The van der Waals surface area contributed by atoms with Gasteiger partial charge in [-0.15, -0.1) is 11.3 Å². The highest BCUT2D eigenvalue weighted by molar-refractivity contribution is 7.16. The summed E-state index contributed by atoms with van der Waals surface area (Å²) < 4.78 is 11.1. The standard InChI is InChI=1S/C27H31ClN2O3S/c1-5-32-22-11-9-19(28)13-17(22)15-30-26-24(25(31)29-16-20-7-6-12-33-20)21-10-8-18(27(2,3)4)14-23(21)34-26/h6-7,9,11-13,15,18H,5,8,10,14,16H2,1-4H3,(H,29,31)/t18-/m0/s1. The second-order valence-electron chi connectivity index (χ2n) is 9.63. The van der Waals surface area contributed by atoms with Crippen molar-refractivity contribution in [1.29, 1.82) is 0 Å². The van der Waals surface area contributed by atoms with Crippen LogP contribution in [0.25, 0.3) is 0 Å². The van der Waals surface area contributed by atoms with Gasteiger partial charge in [0, 0.05) is 21.7 Å². The Morgan fingerprint density at radius 1 is 1.35 bits per heavy atom. The average Bonchev–Trinajstić information content (AvgIpc) is 3.44. The molecule has 0 bridgehead atoms. The second-order valence-corrected chi connectivity index (χ2v) is 11.1. The first-order valence-corrected chi connectivity index (χ1v) is 12.9. The van der Waals surface area contributed by atoms with Gasteiger partial charge >= 0.3 is 0 Å². The van der Waals surface area contributed by atoms with E-state index in [9.17, 15) is 4.79 Å². The molecular weight excluding hydrogens is 468 g/mol. The number of halogens is 1. The monoisotopic (exact) mass is 498 g/mol. The molecule has 5 nitrogen and oxygen atoms in total. The lowest BCUT2D eigenvalue weighted by Crippen LogP contribution is -2.28. The van der Waals surface area contributed by atoms with Crippen molar-refractivity contribution in [2.75, 3.05) is 6.61 Å². The quantitative estimate of drug-likeness (QED) is 0.349. The van der Waals surface area contributed by atoms with E-state index in [2.05, 4.69) is 26.1 Å². The Labute approximate surface area is 210 Å². The van der Waals surface area contributed by atoms with E-state index in [1.54, 1.807) is 29.9 Å². The van der Waals surface area contributed by atoms with Gasteiger partial charge in [-0.2, -0.15) is 0 Å². The van der Waals surface area contributed by atoms with Crippen LogP contribution in [-0.2, 0) is 19.4 Å². The van der Waals surface area contributed by atoms with Gasteiger partial charge in [0.1, 0.15) is 16.5 Å². The molecule has 0 spiro atoms. The van der Waals surface area contributed by atoms with Gasteiger partial charge in [0.15, 0.2) is 0 Å². The van der Waals surface area contributed by atoms with Crippen molar-refractivity contribution in [3.05, 3.63) is 68.9 Å². The molecule has 1 N–H and O–H groups in total. The summed E-state index contributed by atoms with van der Waals surface area (Å²) >= 11 is 7.84. The summed E-state index contributed by atoms with van der Waals surface area (Å²) in [6.45, 7) is 9.70. The van der Waals surface area contributed by atoms with Gasteiger partial charge in [-0.3, -0.25) is 4.79 Å². The molecule has 1 atom stereocenters. The fraction of sp³-hybridized carbons (Fsp3) is 0.407. The average molecular weight is 499 g/mol. The normalized spacial score (nSPS) is 16.0. The minimum atomic E-state index is -0.119. The van der Waals surface area contributed by atoms with Gasteiger partial charge in [0.2, 0.25) is 0 Å². The number of benzene rings is 1. The van der Waals surface area contributed by atoms with Crippen molar-refractivity contribution in [2.45, 2.75) is 53.5 Å². The molecule has 0 saturated carbocycles. The van der Waals surface area contributed by atoms with Gasteiger partial charge in [-0.05, 0) is 73.4 Å². The Morgan fingerprint density at radius 2 is 2.18 bits per heavy atom. The fourth-order valence-electron chi connectivity index (χ4n) is 4.34. The smallest absolute Gasteiger partial charge is 0.255 e. The molecule has 7 heteroatoms. The molecular formula is C27H31ClN2O3S. The van der Waals surface area contributed by atoms with Crippen molar-refractivity contribution in [1.82, 2.24) is 5.32 Å². The van der Waals surface area contributed by atoms with Crippen LogP contribution in [0.2, 0.25) is 5.02 Å². The van der Waals surface area contributed by atoms with Gasteiger partial charge in [-0.25, -0.2) is 4.99 Å². The number of carbonyl (C=O) groups excluding carboxylic acids is 1. The SMILES string of the molecule is CCOc1ccc(Cl)cc1C=Nc1sc2c(c1C(=O)NCc1ccco1)CC[C@H](C(C)(C)C)C2. The molecule has 180 valence electrons. The van der Waals surface area contributed by atoms with E-state index in [4.69, 9.17) is 25.7 Å².